The van der Waals surface area contributed by atoms with Crippen molar-refractivity contribution in [3.05, 3.63) is 22.7 Å². The summed E-state index contributed by atoms with van der Waals surface area (Å²) in [6.07, 6.45) is 6.54. The van der Waals surface area contributed by atoms with E-state index >= 15 is 0 Å². The van der Waals surface area contributed by atoms with Crippen LogP contribution in [-0.2, 0) is 9.53 Å². The Morgan fingerprint density at radius 1 is 1.69 bits per heavy atom. The van der Waals surface area contributed by atoms with Crippen molar-refractivity contribution in [2.75, 3.05) is 13.7 Å². The van der Waals surface area contributed by atoms with Gasteiger partial charge in [0.2, 0.25) is 0 Å². The highest BCUT2D eigenvalue weighted by molar-refractivity contribution is 9.11. The van der Waals surface area contributed by atoms with Gasteiger partial charge in [0.15, 0.2) is 0 Å². The van der Waals surface area contributed by atoms with Gasteiger partial charge >= 0.3 is 5.97 Å². The lowest BCUT2D eigenvalue weighted by Crippen LogP contribution is -2.07. The molecule has 1 rings (SSSR count). The van der Waals surface area contributed by atoms with Gasteiger partial charge in [-0.25, -0.2) is 0 Å². The average Bonchev–Trinajstić information content (AvgIpc) is 2.16. The largest absolute Gasteiger partial charge is 0.468 e. The Kier molecular flexibility index (Phi) is 3.89. The van der Waals surface area contributed by atoms with Crippen LogP contribution in [0.5, 0.6) is 0 Å². The zero-order chi connectivity index (χ0) is 9.68. The third-order valence-electron chi connectivity index (χ3n) is 1.58. The highest BCUT2D eigenvalue weighted by atomic mass is 79.9. The molecule has 0 saturated carbocycles. The lowest BCUT2D eigenvalue weighted by molar-refractivity contribution is -0.138. The first kappa shape index (κ1) is 10.2. The molecule has 0 heterocycles. The van der Waals surface area contributed by atoms with E-state index in [1.54, 1.807) is 0 Å². The second kappa shape index (κ2) is 4.97. The van der Waals surface area contributed by atoms with Gasteiger partial charge in [-0.1, -0.05) is 22.0 Å². The summed E-state index contributed by atoms with van der Waals surface area (Å²) in [5.41, 5.74) is 0.897. The molecular formula is C9H10BrNO2. The molecule has 0 unspecified atom stereocenters. The minimum absolute atomic E-state index is 0.0988. The molecule has 1 aliphatic rings. The van der Waals surface area contributed by atoms with Gasteiger partial charge in [-0.15, -0.1) is 0 Å². The number of allylic oxidation sites excluding steroid dienone is 4. The van der Waals surface area contributed by atoms with Gasteiger partial charge < -0.3 is 4.74 Å². The smallest absolute Gasteiger partial charge is 0.327 e. The summed E-state index contributed by atoms with van der Waals surface area (Å²) in [7, 11) is 1.36. The normalized spacial score (nSPS) is 18.6. The molecule has 0 saturated heterocycles. The first-order valence-corrected chi connectivity index (χ1v) is 4.65. The van der Waals surface area contributed by atoms with E-state index in [9.17, 15) is 4.79 Å². The fourth-order valence-corrected chi connectivity index (χ4v) is 1.16. The van der Waals surface area contributed by atoms with Crippen molar-refractivity contribution in [1.29, 1.82) is 0 Å². The van der Waals surface area contributed by atoms with E-state index < -0.39 is 0 Å². The monoisotopic (exact) mass is 243 g/mol. The number of hydrogen-bond donors (Lipinski definition) is 0. The van der Waals surface area contributed by atoms with E-state index in [0.29, 0.717) is 0 Å². The van der Waals surface area contributed by atoms with Crippen LogP contribution in [0.2, 0.25) is 0 Å². The fraction of sp³-hybridized carbons (Fsp3) is 0.333. The molecule has 0 amide bonds. The molecule has 0 aromatic carbocycles. The maximum absolute atomic E-state index is 10.7. The molecule has 1 aliphatic carbocycles. The van der Waals surface area contributed by atoms with E-state index in [4.69, 9.17) is 0 Å². The molecule has 4 heteroatoms. The number of hydrogen-bond acceptors (Lipinski definition) is 3. The average molecular weight is 244 g/mol. The summed E-state index contributed by atoms with van der Waals surface area (Å²) in [6, 6.07) is 0. The molecule has 0 aliphatic heterocycles. The minimum atomic E-state index is -0.311. The molecule has 70 valence electrons. The molecule has 0 aromatic rings. The van der Waals surface area contributed by atoms with Crippen molar-refractivity contribution < 1.29 is 9.53 Å². The van der Waals surface area contributed by atoms with Crippen molar-refractivity contribution in [2.24, 2.45) is 4.99 Å². The molecule has 3 nitrogen and oxygen atoms in total. The summed E-state index contributed by atoms with van der Waals surface area (Å²) in [5.74, 6) is -0.311. The molecule has 0 bridgehead atoms. The predicted molar refractivity (Wildman–Crippen MR) is 55.1 cm³/mol. The maximum atomic E-state index is 10.7. The SMILES string of the molecule is COC(=O)CN=C1C=CC(Br)=CC1. The number of halogens is 1. The Hall–Kier alpha value is -0.900. The summed E-state index contributed by atoms with van der Waals surface area (Å²) >= 11 is 3.34. The number of nitrogens with zero attached hydrogens (tertiary/aromatic N) is 1. The zero-order valence-electron chi connectivity index (χ0n) is 7.29. The molecular weight excluding hydrogens is 234 g/mol. The third kappa shape index (κ3) is 3.55. The molecule has 0 N–H and O–H groups in total. The lowest BCUT2D eigenvalue weighted by atomic mass is 10.1. The number of carbonyl (C=O) groups excluding carboxylic acids is 1. The Morgan fingerprint density at radius 3 is 3.00 bits per heavy atom. The first-order chi connectivity index (χ1) is 6.22. The number of rotatable bonds is 2. The van der Waals surface area contributed by atoms with E-state index in [0.717, 1.165) is 16.6 Å². The second-order valence-electron chi connectivity index (χ2n) is 2.51. The molecule has 0 fully saturated rings. The first-order valence-electron chi connectivity index (χ1n) is 3.86. The quantitative estimate of drug-likeness (QED) is 0.695. The van der Waals surface area contributed by atoms with E-state index in [2.05, 4.69) is 25.7 Å². The highest BCUT2D eigenvalue weighted by Crippen LogP contribution is 2.13. The fourth-order valence-electron chi connectivity index (χ4n) is 0.862. The van der Waals surface area contributed by atoms with Crippen molar-refractivity contribution in [3.63, 3.8) is 0 Å². The predicted octanol–water partition coefficient (Wildman–Crippen LogP) is 1.84. The van der Waals surface area contributed by atoms with Gasteiger partial charge in [0.05, 0.1) is 7.11 Å². The standard InChI is InChI=1S/C9H10BrNO2/c1-13-9(12)6-11-8-4-2-7(10)3-5-8/h2-4H,5-6H2,1H3. The van der Waals surface area contributed by atoms with E-state index in [-0.39, 0.29) is 12.5 Å². The van der Waals surface area contributed by atoms with Crippen LogP contribution in [-0.4, -0.2) is 25.3 Å². The van der Waals surface area contributed by atoms with Crippen LogP contribution in [0.1, 0.15) is 6.42 Å². The summed E-state index contributed by atoms with van der Waals surface area (Å²) < 4.78 is 5.51. The van der Waals surface area contributed by atoms with Crippen LogP contribution in [0.25, 0.3) is 0 Å². The van der Waals surface area contributed by atoms with Gasteiger partial charge in [0, 0.05) is 16.6 Å². The van der Waals surface area contributed by atoms with Crippen LogP contribution in [0, 0.1) is 0 Å². The number of ether oxygens (including phenoxy) is 1. The molecule has 0 atom stereocenters. The maximum Gasteiger partial charge on any atom is 0.327 e. The van der Waals surface area contributed by atoms with Crippen LogP contribution in [0.15, 0.2) is 27.7 Å². The summed E-state index contributed by atoms with van der Waals surface area (Å²) in [4.78, 5) is 14.8. The number of esters is 1. The van der Waals surface area contributed by atoms with Crippen molar-refractivity contribution in [2.45, 2.75) is 6.42 Å². The van der Waals surface area contributed by atoms with E-state index in [1.807, 2.05) is 18.2 Å². The lowest BCUT2D eigenvalue weighted by Gasteiger charge is -2.02. The second-order valence-corrected chi connectivity index (χ2v) is 3.43. The van der Waals surface area contributed by atoms with Gasteiger partial charge in [0.1, 0.15) is 6.54 Å². The van der Waals surface area contributed by atoms with Gasteiger partial charge in [-0.3, -0.25) is 9.79 Å². The van der Waals surface area contributed by atoms with Crippen molar-refractivity contribution in [1.82, 2.24) is 0 Å². The topological polar surface area (TPSA) is 38.7 Å². The van der Waals surface area contributed by atoms with Crippen LogP contribution >= 0.6 is 15.9 Å². The van der Waals surface area contributed by atoms with Crippen molar-refractivity contribution in [3.8, 4) is 0 Å². The molecule has 0 radical (unpaired) electrons. The van der Waals surface area contributed by atoms with Crippen LogP contribution < -0.4 is 0 Å². The Balaban J connectivity index is 2.47. The number of aliphatic imine (C=N–C) groups is 1. The molecule has 0 aromatic heterocycles. The van der Waals surface area contributed by atoms with Crippen LogP contribution in [0.3, 0.4) is 0 Å². The molecule has 0 spiro atoms. The highest BCUT2D eigenvalue weighted by Gasteiger charge is 2.01. The van der Waals surface area contributed by atoms with Gasteiger partial charge in [-0.2, -0.15) is 0 Å². The Labute approximate surface area is 85.3 Å². The summed E-state index contributed by atoms with van der Waals surface area (Å²) in [6.45, 7) is 0.0988. The van der Waals surface area contributed by atoms with Crippen LogP contribution in [0.4, 0.5) is 0 Å². The minimum Gasteiger partial charge on any atom is -0.468 e. The van der Waals surface area contributed by atoms with E-state index in [1.165, 1.54) is 7.11 Å². The summed E-state index contributed by atoms with van der Waals surface area (Å²) in [5, 5.41) is 0. The third-order valence-corrected chi connectivity index (χ3v) is 2.17. The van der Waals surface area contributed by atoms with Crippen molar-refractivity contribution >= 4 is 27.6 Å². The number of carbonyl (C=O) groups is 1. The zero-order valence-corrected chi connectivity index (χ0v) is 8.87. The Morgan fingerprint density at radius 2 is 2.46 bits per heavy atom. The number of methoxy groups -OCH3 is 1. The van der Waals surface area contributed by atoms with Gasteiger partial charge in [0.25, 0.3) is 0 Å². The van der Waals surface area contributed by atoms with Gasteiger partial charge in [-0.05, 0) is 12.2 Å². The Bertz CT molecular complexity index is 292. The molecule has 13 heavy (non-hydrogen) atoms.